The average Bonchev–Trinajstić information content (AvgIpc) is 3.42. The van der Waals surface area contributed by atoms with Gasteiger partial charge in [-0.15, -0.1) is 0 Å². The predicted octanol–water partition coefficient (Wildman–Crippen LogP) is 2.18. The maximum atomic E-state index is 12.8. The summed E-state index contributed by atoms with van der Waals surface area (Å²) in [5.41, 5.74) is 3.10. The number of hydrogen-bond acceptors (Lipinski definition) is 6. The van der Waals surface area contributed by atoms with E-state index >= 15 is 0 Å². The molecule has 1 saturated heterocycles. The molecule has 2 aliphatic heterocycles. The number of fused-ring (bicyclic) bond motifs is 1. The van der Waals surface area contributed by atoms with E-state index in [-0.39, 0.29) is 18.6 Å². The Bertz CT molecular complexity index is 916. The first-order chi connectivity index (χ1) is 14.6. The van der Waals surface area contributed by atoms with E-state index in [4.69, 9.17) is 14.2 Å². The van der Waals surface area contributed by atoms with E-state index in [1.54, 1.807) is 18.9 Å². The fourth-order valence-electron chi connectivity index (χ4n) is 4.05. The molecule has 0 aliphatic carbocycles. The third-order valence-electron chi connectivity index (χ3n) is 5.61. The van der Waals surface area contributed by atoms with Gasteiger partial charge in [-0.2, -0.15) is 5.10 Å². The van der Waals surface area contributed by atoms with Gasteiger partial charge in [-0.25, -0.2) is 4.79 Å². The molecule has 1 fully saturated rings. The van der Waals surface area contributed by atoms with E-state index in [0.29, 0.717) is 38.4 Å². The number of esters is 1. The normalized spacial score (nSPS) is 18.2. The van der Waals surface area contributed by atoms with E-state index in [1.165, 1.54) is 0 Å². The number of carbonyl (C=O) groups excluding carboxylic acids is 2. The number of methoxy groups -OCH3 is 1. The van der Waals surface area contributed by atoms with Crippen LogP contribution in [0.1, 0.15) is 47.1 Å². The van der Waals surface area contributed by atoms with Crippen molar-refractivity contribution in [3.8, 4) is 5.75 Å². The van der Waals surface area contributed by atoms with Crippen LogP contribution in [-0.4, -0.2) is 59.5 Å². The third kappa shape index (κ3) is 4.05. The molecule has 2 aromatic rings. The van der Waals surface area contributed by atoms with E-state index in [1.807, 2.05) is 28.9 Å². The number of carbonyl (C=O) groups is 2. The highest BCUT2D eigenvalue weighted by molar-refractivity contribution is 5.90. The molecule has 0 bridgehead atoms. The van der Waals surface area contributed by atoms with Crippen molar-refractivity contribution in [3.63, 3.8) is 0 Å². The van der Waals surface area contributed by atoms with Gasteiger partial charge in [0.15, 0.2) is 5.69 Å². The second-order valence-corrected chi connectivity index (χ2v) is 7.51. The average molecular weight is 413 g/mol. The Balaban J connectivity index is 1.60. The van der Waals surface area contributed by atoms with Gasteiger partial charge in [-0.3, -0.25) is 9.48 Å². The van der Waals surface area contributed by atoms with Crippen molar-refractivity contribution >= 4 is 11.9 Å². The molecular weight excluding hydrogens is 386 g/mol. The lowest BCUT2D eigenvalue weighted by molar-refractivity contribution is -0.141. The first-order valence-corrected chi connectivity index (χ1v) is 10.4. The predicted molar refractivity (Wildman–Crippen MR) is 108 cm³/mol. The number of ether oxygens (including phenoxy) is 3. The number of rotatable bonds is 6. The van der Waals surface area contributed by atoms with Crippen LogP contribution in [0.2, 0.25) is 0 Å². The SMILES string of the molecule is CCOC(=O)c1nn(Cc2ccc(OC)cc2)c2c1CN(C(=O)C1CCCO1)CC2. The minimum atomic E-state index is -0.450. The van der Waals surface area contributed by atoms with Gasteiger partial charge >= 0.3 is 5.97 Å². The summed E-state index contributed by atoms with van der Waals surface area (Å²) in [5.74, 6) is 0.334. The molecule has 0 saturated carbocycles. The highest BCUT2D eigenvalue weighted by atomic mass is 16.5. The van der Waals surface area contributed by atoms with Gasteiger partial charge in [0.25, 0.3) is 5.91 Å². The molecule has 1 aromatic heterocycles. The summed E-state index contributed by atoms with van der Waals surface area (Å²) in [6, 6.07) is 7.76. The molecule has 0 N–H and O–H groups in total. The topological polar surface area (TPSA) is 82.9 Å². The Morgan fingerprint density at radius 2 is 2.07 bits per heavy atom. The fraction of sp³-hybridized carbons (Fsp3) is 0.500. The molecule has 1 atom stereocenters. The summed E-state index contributed by atoms with van der Waals surface area (Å²) in [4.78, 5) is 27.2. The van der Waals surface area contributed by atoms with Gasteiger partial charge in [-0.1, -0.05) is 12.1 Å². The highest BCUT2D eigenvalue weighted by Crippen LogP contribution is 2.26. The summed E-state index contributed by atoms with van der Waals surface area (Å²) >= 11 is 0. The standard InChI is InChI=1S/C22H27N3O5/c1-3-29-22(27)20-17-14-24(21(26)19-5-4-12-30-19)11-10-18(17)25(23-20)13-15-6-8-16(28-2)9-7-15/h6-9,19H,3-5,10-14H2,1-2H3. The summed E-state index contributed by atoms with van der Waals surface area (Å²) in [6.45, 7) is 4.14. The van der Waals surface area contributed by atoms with Gasteiger partial charge in [0.1, 0.15) is 11.9 Å². The molecule has 0 radical (unpaired) electrons. The van der Waals surface area contributed by atoms with E-state index in [9.17, 15) is 9.59 Å². The Kier molecular flexibility index (Phi) is 6.03. The maximum absolute atomic E-state index is 12.8. The van der Waals surface area contributed by atoms with Crippen LogP contribution in [0.4, 0.5) is 0 Å². The van der Waals surface area contributed by atoms with Crippen molar-refractivity contribution in [1.82, 2.24) is 14.7 Å². The molecule has 1 unspecified atom stereocenters. The summed E-state index contributed by atoms with van der Waals surface area (Å²) in [7, 11) is 1.63. The maximum Gasteiger partial charge on any atom is 0.359 e. The molecular formula is C22H27N3O5. The zero-order valence-corrected chi connectivity index (χ0v) is 17.4. The minimum Gasteiger partial charge on any atom is -0.497 e. The molecule has 3 heterocycles. The Morgan fingerprint density at radius 1 is 1.27 bits per heavy atom. The molecule has 0 spiro atoms. The Labute approximate surface area is 175 Å². The fourth-order valence-corrected chi connectivity index (χ4v) is 4.05. The van der Waals surface area contributed by atoms with Gasteiger partial charge in [0.2, 0.25) is 0 Å². The highest BCUT2D eigenvalue weighted by Gasteiger charge is 2.34. The second kappa shape index (κ2) is 8.87. The number of hydrogen-bond donors (Lipinski definition) is 0. The van der Waals surface area contributed by atoms with Crippen LogP contribution in [0.15, 0.2) is 24.3 Å². The number of nitrogens with zero attached hydrogens (tertiary/aromatic N) is 3. The second-order valence-electron chi connectivity index (χ2n) is 7.51. The number of aromatic nitrogens is 2. The summed E-state index contributed by atoms with van der Waals surface area (Å²) in [6.07, 6.45) is 1.93. The van der Waals surface area contributed by atoms with Gasteiger partial charge in [0, 0.05) is 37.4 Å². The van der Waals surface area contributed by atoms with Crippen LogP contribution >= 0.6 is 0 Å². The largest absolute Gasteiger partial charge is 0.497 e. The Hall–Kier alpha value is -2.87. The lowest BCUT2D eigenvalue weighted by Crippen LogP contribution is -2.42. The van der Waals surface area contributed by atoms with Gasteiger partial charge in [0.05, 0.1) is 20.3 Å². The molecule has 2 aliphatic rings. The number of benzene rings is 1. The summed E-state index contributed by atoms with van der Waals surface area (Å²) < 4.78 is 17.9. The van der Waals surface area contributed by atoms with Crippen LogP contribution in [-0.2, 0) is 33.8 Å². The lowest BCUT2D eigenvalue weighted by atomic mass is 10.0. The lowest BCUT2D eigenvalue weighted by Gasteiger charge is -2.29. The quantitative estimate of drug-likeness (QED) is 0.675. The van der Waals surface area contributed by atoms with E-state index < -0.39 is 5.97 Å². The molecule has 1 amide bonds. The van der Waals surface area contributed by atoms with Crippen LogP contribution < -0.4 is 4.74 Å². The molecule has 8 nitrogen and oxygen atoms in total. The van der Waals surface area contributed by atoms with Crippen molar-refractivity contribution in [1.29, 1.82) is 0 Å². The van der Waals surface area contributed by atoms with Crippen LogP contribution in [0.25, 0.3) is 0 Å². The van der Waals surface area contributed by atoms with Crippen molar-refractivity contribution < 1.29 is 23.8 Å². The molecule has 160 valence electrons. The zero-order valence-electron chi connectivity index (χ0n) is 17.4. The third-order valence-corrected chi connectivity index (χ3v) is 5.61. The van der Waals surface area contributed by atoms with Crippen molar-refractivity contribution in [3.05, 3.63) is 46.8 Å². The van der Waals surface area contributed by atoms with Crippen LogP contribution in [0.3, 0.4) is 0 Å². The smallest absolute Gasteiger partial charge is 0.359 e. The van der Waals surface area contributed by atoms with Gasteiger partial charge in [-0.05, 0) is 37.5 Å². The van der Waals surface area contributed by atoms with E-state index in [2.05, 4.69) is 5.10 Å². The molecule has 30 heavy (non-hydrogen) atoms. The zero-order chi connectivity index (χ0) is 21.1. The van der Waals surface area contributed by atoms with Crippen molar-refractivity contribution in [2.24, 2.45) is 0 Å². The van der Waals surface area contributed by atoms with Crippen molar-refractivity contribution in [2.45, 2.75) is 45.4 Å². The molecule has 1 aromatic carbocycles. The van der Waals surface area contributed by atoms with Gasteiger partial charge < -0.3 is 19.1 Å². The van der Waals surface area contributed by atoms with Crippen LogP contribution in [0.5, 0.6) is 5.75 Å². The first kappa shape index (κ1) is 20.4. The monoisotopic (exact) mass is 413 g/mol. The molecule has 8 heteroatoms. The van der Waals surface area contributed by atoms with Crippen LogP contribution in [0, 0.1) is 0 Å². The first-order valence-electron chi connectivity index (χ1n) is 10.4. The number of amides is 1. The van der Waals surface area contributed by atoms with Crippen molar-refractivity contribution in [2.75, 3.05) is 26.9 Å². The molecule has 4 rings (SSSR count). The Morgan fingerprint density at radius 3 is 2.73 bits per heavy atom. The van der Waals surface area contributed by atoms with E-state index in [0.717, 1.165) is 35.4 Å². The summed E-state index contributed by atoms with van der Waals surface area (Å²) in [5, 5.41) is 4.58. The minimum absolute atomic E-state index is 0.00383.